The van der Waals surface area contributed by atoms with Crippen LogP contribution in [0.4, 0.5) is 0 Å². The molecule has 2 heterocycles. The molecule has 6 nitrogen and oxygen atoms in total. The maximum Gasteiger partial charge on any atom is 0.184 e. The summed E-state index contributed by atoms with van der Waals surface area (Å²) in [6, 6.07) is 30.8. The van der Waals surface area contributed by atoms with E-state index in [0.717, 1.165) is 41.0 Å². The number of fused-ring (bicyclic) bond motifs is 3. The molecule has 4 N–H and O–H groups in total. The fourth-order valence-corrected chi connectivity index (χ4v) is 4.78. The molecule has 0 atom stereocenters. The van der Waals surface area contributed by atoms with Crippen LogP contribution in [-0.2, 0) is 12.8 Å². The number of aromatic nitrogens is 2. The smallest absolute Gasteiger partial charge is 0.184 e. The molecule has 34 heavy (non-hydrogen) atoms. The summed E-state index contributed by atoms with van der Waals surface area (Å²) in [5.41, 5.74) is 15.6. The molecular formula is C28H23N5O. The number of hydrogen-bond acceptors (Lipinski definition) is 4. The van der Waals surface area contributed by atoms with Crippen LogP contribution in [0.1, 0.15) is 16.8 Å². The van der Waals surface area contributed by atoms with Crippen molar-refractivity contribution in [2.45, 2.75) is 12.8 Å². The Morgan fingerprint density at radius 1 is 0.853 bits per heavy atom. The fraction of sp³-hybridized carbons (Fsp3) is 0.0714. The van der Waals surface area contributed by atoms with E-state index in [1.807, 2.05) is 54.6 Å². The summed E-state index contributed by atoms with van der Waals surface area (Å²) in [5, 5.41) is 8.04. The van der Waals surface area contributed by atoms with Gasteiger partial charge < -0.3 is 20.7 Å². The van der Waals surface area contributed by atoms with Crippen LogP contribution in [0.15, 0.2) is 101 Å². The summed E-state index contributed by atoms with van der Waals surface area (Å²) >= 11 is 0. The van der Waals surface area contributed by atoms with Crippen LogP contribution in [0.2, 0.25) is 0 Å². The fourth-order valence-electron chi connectivity index (χ4n) is 4.78. The second kappa shape index (κ2) is 8.08. The highest BCUT2D eigenvalue weighted by molar-refractivity contribution is 5.97. The van der Waals surface area contributed by atoms with Gasteiger partial charge in [0.15, 0.2) is 5.76 Å². The maximum atomic E-state index is 6.02. The quantitative estimate of drug-likeness (QED) is 0.173. The van der Waals surface area contributed by atoms with Crippen molar-refractivity contribution < 1.29 is 4.52 Å². The molecule has 0 unspecified atom stereocenters. The van der Waals surface area contributed by atoms with E-state index < -0.39 is 0 Å². The Hall–Kier alpha value is -4.58. The van der Waals surface area contributed by atoms with E-state index in [2.05, 4.69) is 51.2 Å². The molecular weight excluding hydrogens is 422 g/mol. The normalized spacial score (nSPS) is 12.9. The van der Waals surface area contributed by atoms with Crippen molar-refractivity contribution in [3.8, 4) is 39.5 Å². The van der Waals surface area contributed by atoms with Crippen LogP contribution < -0.4 is 11.6 Å². The number of aryl methyl sites for hydroxylation is 1. The molecule has 0 bridgehead atoms. The van der Waals surface area contributed by atoms with Crippen molar-refractivity contribution >= 4 is 5.84 Å². The van der Waals surface area contributed by atoms with E-state index in [9.17, 15) is 0 Å². The van der Waals surface area contributed by atoms with E-state index in [4.69, 9.17) is 16.1 Å². The Morgan fingerprint density at radius 3 is 2.53 bits per heavy atom. The van der Waals surface area contributed by atoms with Gasteiger partial charge in [0.2, 0.25) is 0 Å². The lowest BCUT2D eigenvalue weighted by molar-refractivity contribution is 0.433. The number of amidine groups is 1. The molecule has 0 radical (unpaired) electrons. The van der Waals surface area contributed by atoms with Gasteiger partial charge in [0.1, 0.15) is 11.5 Å². The van der Waals surface area contributed by atoms with Gasteiger partial charge in [0.25, 0.3) is 0 Å². The van der Waals surface area contributed by atoms with Gasteiger partial charge in [0, 0.05) is 34.1 Å². The van der Waals surface area contributed by atoms with Gasteiger partial charge in [-0.1, -0.05) is 71.9 Å². The van der Waals surface area contributed by atoms with E-state index in [0.29, 0.717) is 11.6 Å². The molecule has 0 fully saturated rings. The van der Waals surface area contributed by atoms with Gasteiger partial charge in [-0.2, -0.15) is 5.10 Å². The number of hydrazone groups is 1. The third kappa shape index (κ3) is 3.28. The lowest BCUT2D eigenvalue weighted by Crippen LogP contribution is -2.16. The molecule has 6 heteroatoms. The number of rotatable bonds is 4. The molecule has 1 aliphatic carbocycles. The molecule has 0 aliphatic heterocycles. The van der Waals surface area contributed by atoms with Crippen LogP contribution in [0.25, 0.3) is 39.5 Å². The molecule has 0 saturated heterocycles. The molecule has 0 amide bonds. The standard InChI is InChI=1S/C28H23N5O/c29-28(31-30)20-10-6-11-21(15-20)33-25-14-13-18-7-4-5-12-22(18)23(25)16-26(33)27-17-24(32-34-27)19-8-2-1-3-9-19/h1-12,15-17H,13-14,30H2,(H2,29,31). The lowest BCUT2D eigenvalue weighted by atomic mass is 9.90. The molecule has 0 spiro atoms. The van der Waals surface area contributed by atoms with E-state index >= 15 is 0 Å². The average Bonchev–Trinajstić information content (AvgIpc) is 3.54. The second-order valence-electron chi connectivity index (χ2n) is 8.39. The Kier molecular flexibility index (Phi) is 4.77. The average molecular weight is 446 g/mol. The summed E-state index contributed by atoms with van der Waals surface area (Å²) in [7, 11) is 0. The summed E-state index contributed by atoms with van der Waals surface area (Å²) in [5.74, 6) is 6.45. The molecule has 6 rings (SSSR count). The Bertz CT molecular complexity index is 1530. The van der Waals surface area contributed by atoms with Crippen molar-refractivity contribution in [1.82, 2.24) is 9.72 Å². The van der Waals surface area contributed by atoms with Crippen LogP contribution in [-0.4, -0.2) is 15.6 Å². The number of hydrogen-bond donors (Lipinski definition) is 2. The van der Waals surface area contributed by atoms with Crippen LogP contribution in [0.3, 0.4) is 0 Å². The Balaban J connectivity index is 1.57. The van der Waals surface area contributed by atoms with Gasteiger partial charge >= 0.3 is 0 Å². The predicted molar refractivity (Wildman–Crippen MR) is 134 cm³/mol. The Morgan fingerprint density at radius 2 is 1.68 bits per heavy atom. The highest BCUT2D eigenvalue weighted by Gasteiger charge is 2.26. The van der Waals surface area contributed by atoms with Crippen molar-refractivity contribution in [3.63, 3.8) is 0 Å². The molecule has 3 aromatic carbocycles. The second-order valence-corrected chi connectivity index (χ2v) is 8.39. The zero-order valence-electron chi connectivity index (χ0n) is 18.5. The first kappa shape index (κ1) is 20.1. The van der Waals surface area contributed by atoms with Crippen molar-refractivity contribution in [2.75, 3.05) is 0 Å². The maximum absolute atomic E-state index is 6.02. The zero-order valence-corrected chi connectivity index (χ0v) is 18.5. The largest absolute Gasteiger partial charge is 0.382 e. The molecule has 2 aromatic heterocycles. The molecule has 5 aromatic rings. The van der Waals surface area contributed by atoms with E-state index in [1.54, 1.807) is 0 Å². The van der Waals surface area contributed by atoms with E-state index in [-0.39, 0.29) is 0 Å². The van der Waals surface area contributed by atoms with Crippen LogP contribution in [0.5, 0.6) is 0 Å². The number of nitrogens with two attached hydrogens (primary N) is 2. The minimum absolute atomic E-state index is 0.292. The first-order valence-corrected chi connectivity index (χ1v) is 11.2. The highest BCUT2D eigenvalue weighted by Crippen LogP contribution is 2.41. The first-order chi connectivity index (χ1) is 16.7. The Labute approximate surface area is 197 Å². The van der Waals surface area contributed by atoms with Gasteiger partial charge in [-0.3, -0.25) is 0 Å². The van der Waals surface area contributed by atoms with Crippen molar-refractivity contribution in [3.05, 3.63) is 108 Å². The predicted octanol–water partition coefficient (Wildman–Crippen LogP) is 5.14. The first-order valence-electron chi connectivity index (χ1n) is 11.2. The minimum Gasteiger partial charge on any atom is -0.382 e. The van der Waals surface area contributed by atoms with Gasteiger partial charge in [-0.15, -0.1) is 0 Å². The SMILES string of the molecule is N/N=C(\N)c1cccc(-n2c(-c3cc(-c4ccccc4)no3)cc3c2CCc2ccccc2-3)c1. The third-order valence-corrected chi connectivity index (χ3v) is 6.41. The summed E-state index contributed by atoms with van der Waals surface area (Å²) < 4.78 is 8.14. The number of benzene rings is 3. The van der Waals surface area contributed by atoms with Gasteiger partial charge in [0.05, 0.1) is 5.69 Å². The van der Waals surface area contributed by atoms with Gasteiger partial charge in [-0.25, -0.2) is 0 Å². The third-order valence-electron chi connectivity index (χ3n) is 6.41. The van der Waals surface area contributed by atoms with E-state index in [1.165, 1.54) is 22.4 Å². The number of nitrogens with zero attached hydrogens (tertiary/aromatic N) is 3. The monoisotopic (exact) mass is 445 g/mol. The molecule has 1 aliphatic rings. The molecule has 0 saturated carbocycles. The van der Waals surface area contributed by atoms with Crippen molar-refractivity contribution in [2.24, 2.45) is 16.7 Å². The van der Waals surface area contributed by atoms with Crippen LogP contribution >= 0.6 is 0 Å². The van der Waals surface area contributed by atoms with Crippen LogP contribution in [0, 0.1) is 0 Å². The molecule has 166 valence electrons. The topological polar surface area (TPSA) is 95.4 Å². The van der Waals surface area contributed by atoms with Crippen molar-refractivity contribution in [1.29, 1.82) is 0 Å². The lowest BCUT2D eigenvalue weighted by Gasteiger charge is -2.20. The summed E-state index contributed by atoms with van der Waals surface area (Å²) in [6.07, 6.45) is 1.89. The summed E-state index contributed by atoms with van der Waals surface area (Å²) in [6.45, 7) is 0. The highest BCUT2D eigenvalue weighted by atomic mass is 16.5. The van der Waals surface area contributed by atoms with Gasteiger partial charge in [-0.05, 0) is 42.2 Å². The zero-order chi connectivity index (χ0) is 23.1. The summed E-state index contributed by atoms with van der Waals surface area (Å²) in [4.78, 5) is 0. The minimum atomic E-state index is 0.292.